The molecule has 146 valence electrons. The highest BCUT2D eigenvalue weighted by atomic mass is 35.5. The van der Waals surface area contributed by atoms with Gasteiger partial charge in [-0.25, -0.2) is 9.97 Å². The fourth-order valence-corrected chi connectivity index (χ4v) is 4.06. The summed E-state index contributed by atoms with van der Waals surface area (Å²) in [5.41, 5.74) is 4.01. The van der Waals surface area contributed by atoms with Crippen molar-refractivity contribution in [2.24, 2.45) is 0 Å². The van der Waals surface area contributed by atoms with Crippen molar-refractivity contribution in [1.29, 1.82) is 0 Å². The highest BCUT2D eigenvalue weighted by molar-refractivity contribution is 6.30. The van der Waals surface area contributed by atoms with Gasteiger partial charge in [0.05, 0.1) is 11.5 Å². The quantitative estimate of drug-likeness (QED) is 0.488. The zero-order chi connectivity index (χ0) is 19.6. The Morgan fingerprint density at radius 2 is 2.00 bits per heavy atom. The van der Waals surface area contributed by atoms with E-state index in [0.29, 0.717) is 5.02 Å². The number of nitrogens with one attached hydrogen (secondary N) is 1. The molecule has 0 radical (unpaired) electrons. The van der Waals surface area contributed by atoms with Crippen molar-refractivity contribution in [2.45, 2.75) is 18.9 Å². The Bertz CT molecular complexity index is 1140. The molecule has 0 saturated carbocycles. The van der Waals surface area contributed by atoms with Gasteiger partial charge < -0.3 is 14.6 Å². The Morgan fingerprint density at radius 1 is 1.10 bits per heavy atom. The van der Waals surface area contributed by atoms with Gasteiger partial charge in [-0.2, -0.15) is 0 Å². The monoisotopic (exact) mass is 404 g/mol. The molecule has 1 N–H and O–H groups in total. The smallest absolute Gasteiger partial charge is 0.150 e. The van der Waals surface area contributed by atoms with Crippen LogP contribution in [-0.2, 0) is 4.74 Å². The Labute approximate surface area is 174 Å². The molecule has 0 unspecified atom stereocenters. The maximum atomic E-state index is 6.25. The van der Waals surface area contributed by atoms with Crippen molar-refractivity contribution in [2.75, 3.05) is 18.5 Å². The summed E-state index contributed by atoms with van der Waals surface area (Å²) in [6.07, 6.45) is 6.14. The molecule has 1 fully saturated rings. The molecule has 1 aliphatic heterocycles. The van der Waals surface area contributed by atoms with Crippen molar-refractivity contribution < 1.29 is 4.74 Å². The lowest BCUT2D eigenvalue weighted by atomic mass is 10.1. The molecular formula is C23H21ClN4O. The zero-order valence-corrected chi connectivity index (χ0v) is 16.6. The standard InChI is InChI=1S/C23H21ClN4O/c24-17-8-4-9-18(12-17)28-14-20(16-6-2-1-3-7-16)21-22(26-15-27-23(21)28)25-13-19-10-5-11-29-19/h1-4,6-9,12,14-15,19H,5,10-11,13H2,(H,25,26,27)/t19-/m1/s1. The van der Waals surface area contributed by atoms with E-state index in [1.807, 2.05) is 42.5 Å². The minimum absolute atomic E-state index is 0.232. The van der Waals surface area contributed by atoms with Crippen molar-refractivity contribution in [1.82, 2.24) is 14.5 Å². The second kappa shape index (κ2) is 7.85. The van der Waals surface area contributed by atoms with Crippen molar-refractivity contribution in [3.63, 3.8) is 0 Å². The molecule has 0 amide bonds. The average molecular weight is 405 g/mol. The number of nitrogens with zero attached hydrogens (tertiary/aromatic N) is 3. The summed E-state index contributed by atoms with van der Waals surface area (Å²) in [7, 11) is 0. The minimum Gasteiger partial charge on any atom is -0.376 e. The summed E-state index contributed by atoms with van der Waals surface area (Å²) in [6, 6.07) is 18.1. The van der Waals surface area contributed by atoms with Crippen LogP contribution in [-0.4, -0.2) is 33.8 Å². The maximum absolute atomic E-state index is 6.25. The highest BCUT2D eigenvalue weighted by Crippen LogP contribution is 2.35. The van der Waals surface area contributed by atoms with Gasteiger partial charge in [-0.15, -0.1) is 0 Å². The number of aromatic nitrogens is 3. The molecule has 4 aromatic rings. The van der Waals surface area contributed by atoms with E-state index in [1.54, 1.807) is 6.33 Å². The van der Waals surface area contributed by atoms with E-state index in [-0.39, 0.29) is 6.10 Å². The summed E-state index contributed by atoms with van der Waals surface area (Å²) in [5, 5.41) is 5.19. The molecule has 6 heteroatoms. The molecule has 0 bridgehead atoms. The number of halogens is 1. The first-order valence-electron chi connectivity index (χ1n) is 9.82. The number of ether oxygens (including phenoxy) is 1. The largest absolute Gasteiger partial charge is 0.376 e. The molecular weight excluding hydrogens is 384 g/mol. The van der Waals surface area contributed by atoms with E-state index in [4.69, 9.17) is 16.3 Å². The topological polar surface area (TPSA) is 52.0 Å². The van der Waals surface area contributed by atoms with Crippen LogP contribution >= 0.6 is 11.6 Å². The summed E-state index contributed by atoms with van der Waals surface area (Å²) in [5.74, 6) is 0.824. The van der Waals surface area contributed by atoms with Crippen LogP contribution in [0.2, 0.25) is 5.02 Å². The molecule has 1 saturated heterocycles. The van der Waals surface area contributed by atoms with Crippen molar-refractivity contribution >= 4 is 28.5 Å². The lowest BCUT2D eigenvalue weighted by molar-refractivity contribution is 0.120. The van der Waals surface area contributed by atoms with Gasteiger partial charge in [0.2, 0.25) is 0 Å². The first-order chi connectivity index (χ1) is 14.3. The Balaban J connectivity index is 1.66. The van der Waals surface area contributed by atoms with Crippen LogP contribution in [0.4, 0.5) is 5.82 Å². The lowest BCUT2D eigenvalue weighted by Gasteiger charge is -2.12. The SMILES string of the molecule is Clc1cccc(-n2cc(-c3ccccc3)c3c(NC[C@H]4CCCO4)ncnc32)c1. The first kappa shape index (κ1) is 18.2. The van der Waals surface area contributed by atoms with E-state index in [1.165, 1.54) is 0 Å². The summed E-state index contributed by atoms with van der Waals surface area (Å²) < 4.78 is 7.84. The first-order valence-corrected chi connectivity index (χ1v) is 10.2. The van der Waals surface area contributed by atoms with Gasteiger partial charge in [-0.05, 0) is 36.6 Å². The minimum atomic E-state index is 0.232. The second-order valence-electron chi connectivity index (χ2n) is 7.20. The van der Waals surface area contributed by atoms with Crippen molar-refractivity contribution in [3.05, 3.63) is 72.1 Å². The zero-order valence-electron chi connectivity index (χ0n) is 15.9. The van der Waals surface area contributed by atoms with Crippen molar-refractivity contribution in [3.8, 4) is 16.8 Å². The number of fused-ring (bicyclic) bond motifs is 1. The van der Waals surface area contributed by atoms with Gasteiger partial charge in [0.25, 0.3) is 0 Å². The molecule has 3 heterocycles. The normalized spacial score (nSPS) is 16.4. The summed E-state index contributed by atoms with van der Waals surface area (Å²) in [6.45, 7) is 1.58. The predicted molar refractivity (Wildman–Crippen MR) is 117 cm³/mol. The van der Waals surface area contributed by atoms with Gasteiger partial charge in [0, 0.05) is 35.6 Å². The number of benzene rings is 2. The number of anilines is 1. The van der Waals surface area contributed by atoms with Crippen LogP contribution in [0, 0.1) is 0 Å². The molecule has 2 aromatic carbocycles. The molecule has 0 aliphatic carbocycles. The highest BCUT2D eigenvalue weighted by Gasteiger charge is 2.20. The number of rotatable bonds is 5. The van der Waals surface area contributed by atoms with E-state index >= 15 is 0 Å². The molecule has 5 rings (SSSR count). The molecule has 5 nitrogen and oxygen atoms in total. The Hall–Kier alpha value is -2.89. The van der Waals surface area contributed by atoms with Crippen LogP contribution in [0.1, 0.15) is 12.8 Å². The third-order valence-electron chi connectivity index (χ3n) is 5.28. The van der Waals surface area contributed by atoms with Crippen LogP contribution < -0.4 is 5.32 Å². The van der Waals surface area contributed by atoms with E-state index in [2.05, 4.69) is 38.2 Å². The van der Waals surface area contributed by atoms with Crippen LogP contribution in [0.5, 0.6) is 0 Å². The molecule has 1 atom stereocenters. The van der Waals surface area contributed by atoms with E-state index in [9.17, 15) is 0 Å². The molecule has 0 spiro atoms. The summed E-state index contributed by atoms with van der Waals surface area (Å²) >= 11 is 6.25. The van der Waals surface area contributed by atoms with Gasteiger partial charge in [0.15, 0.2) is 5.65 Å². The van der Waals surface area contributed by atoms with Gasteiger partial charge in [-0.1, -0.05) is 48.0 Å². The third kappa shape index (κ3) is 3.59. The predicted octanol–water partition coefficient (Wildman–Crippen LogP) is 5.33. The van der Waals surface area contributed by atoms with Crippen LogP contribution in [0.15, 0.2) is 67.1 Å². The molecule has 2 aromatic heterocycles. The van der Waals surface area contributed by atoms with E-state index < -0.39 is 0 Å². The van der Waals surface area contributed by atoms with Crippen LogP contribution in [0.3, 0.4) is 0 Å². The maximum Gasteiger partial charge on any atom is 0.150 e. The molecule has 29 heavy (non-hydrogen) atoms. The second-order valence-corrected chi connectivity index (χ2v) is 7.63. The third-order valence-corrected chi connectivity index (χ3v) is 5.51. The fourth-order valence-electron chi connectivity index (χ4n) is 3.87. The number of hydrogen-bond acceptors (Lipinski definition) is 4. The average Bonchev–Trinajstić information content (AvgIpc) is 3.41. The summed E-state index contributed by atoms with van der Waals surface area (Å²) in [4.78, 5) is 9.17. The lowest BCUT2D eigenvalue weighted by Crippen LogP contribution is -2.19. The van der Waals surface area contributed by atoms with Gasteiger partial charge in [0.1, 0.15) is 12.1 Å². The Kier molecular flexibility index (Phi) is 4.92. The van der Waals surface area contributed by atoms with E-state index in [0.717, 1.165) is 59.7 Å². The van der Waals surface area contributed by atoms with Crippen LogP contribution in [0.25, 0.3) is 27.8 Å². The Morgan fingerprint density at radius 3 is 2.79 bits per heavy atom. The fraction of sp³-hybridized carbons (Fsp3) is 0.217. The molecule has 1 aliphatic rings. The number of hydrogen-bond donors (Lipinski definition) is 1. The van der Waals surface area contributed by atoms with Gasteiger partial charge >= 0.3 is 0 Å². The van der Waals surface area contributed by atoms with Gasteiger partial charge in [-0.3, -0.25) is 0 Å².